The average Bonchev–Trinajstić information content (AvgIpc) is 3.30. The summed E-state index contributed by atoms with van der Waals surface area (Å²) in [6.45, 7) is 0.568. The maximum atomic E-state index is 12.5. The Morgan fingerprint density at radius 1 is 1.30 bits per heavy atom. The number of aromatic nitrogens is 1. The second-order valence-corrected chi connectivity index (χ2v) is 5.11. The van der Waals surface area contributed by atoms with Gasteiger partial charge in [0.25, 0.3) is 5.91 Å². The summed E-state index contributed by atoms with van der Waals surface area (Å²) >= 11 is 0. The highest BCUT2D eigenvalue weighted by Gasteiger charge is 2.35. The minimum atomic E-state index is -0.131. The minimum absolute atomic E-state index is 0.0655. The van der Waals surface area contributed by atoms with Gasteiger partial charge >= 0.3 is 0 Å². The molecule has 0 radical (unpaired) electrons. The van der Waals surface area contributed by atoms with Gasteiger partial charge in [0.2, 0.25) is 5.91 Å². The van der Waals surface area contributed by atoms with E-state index in [0.717, 1.165) is 18.4 Å². The molecule has 0 unspecified atom stereocenters. The summed E-state index contributed by atoms with van der Waals surface area (Å²) in [6, 6.07) is 4.12. The summed E-state index contributed by atoms with van der Waals surface area (Å²) in [5.74, 6) is -0.196. The van der Waals surface area contributed by atoms with Gasteiger partial charge in [-0.3, -0.25) is 14.6 Å². The molecule has 0 spiro atoms. The zero-order valence-corrected chi connectivity index (χ0v) is 11.1. The molecule has 104 valence electrons. The van der Waals surface area contributed by atoms with Crippen LogP contribution in [0.4, 0.5) is 0 Å². The van der Waals surface area contributed by atoms with E-state index in [0.29, 0.717) is 31.1 Å². The molecule has 2 heterocycles. The molecule has 1 aliphatic heterocycles. The summed E-state index contributed by atoms with van der Waals surface area (Å²) in [5, 5.41) is 3.90. The van der Waals surface area contributed by atoms with E-state index in [1.165, 1.54) is 0 Å². The van der Waals surface area contributed by atoms with Gasteiger partial charge in [0.15, 0.2) is 0 Å². The lowest BCUT2D eigenvalue weighted by Crippen LogP contribution is -2.41. The molecule has 2 amide bonds. The van der Waals surface area contributed by atoms with Crippen LogP contribution >= 0.6 is 0 Å². The van der Waals surface area contributed by atoms with E-state index in [4.69, 9.17) is 0 Å². The van der Waals surface area contributed by atoms with Crippen LogP contribution in [0.25, 0.3) is 0 Å². The van der Waals surface area contributed by atoms with Crippen LogP contribution in [0.3, 0.4) is 0 Å². The summed E-state index contributed by atoms with van der Waals surface area (Å²) in [6.07, 6.45) is 6.28. The van der Waals surface area contributed by atoms with Crippen molar-refractivity contribution < 1.29 is 9.59 Å². The minimum Gasteiger partial charge on any atom is -0.330 e. The van der Waals surface area contributed by atoms with Gasteiger partial charge in [-0.2, -0.15) is 5.10 Å². The number of rotatable bonds is 4. The van der Waals surface area contributed by atoms with Gasteiger partial charge in [-0.25, -0.2) is 5.43 Å². The van der Waals surface area contributed by atoms with Crippen LogP contribution < -0.4 is 5.43 Å². The number of amides is 2. The Kier molecular flexibility index (Phi) is 3.45. The van der Waals surface area contributed by atoms with Crippen LogP contribution in [0.5, 0.6) is 0 Å². The molecule has 1 aromatic rings. The molecule has 0 atom stereocenters. The molecule has 6 nitrogen and oxygen atoms in total. The summed E-state index contributed by atoms with van der Waals surface area (Å²) < 4.78 is 0. The van der Waals surface area contributed by atoms with Crippen LogP contribution in [0.2, 0.25) is 0 Å². The molecule has 1 N–H and O–H groups in total. The van der Waals surface area contributed by atoms with Gasteiger partial charge in [0.05, 0.1) is 0 Å². The molecule has 6 heteroatoms. The summed E-state index contributed by atoms with van der Waals surface area (Å²) in [4.78, 5) is 29.4. The Morgan fingerprint density at radius 3 is 2.65 bits per heavy atom. The third-order valence-electron chi connectivity index (χ3n) is 3.50. The largest absolute Gasteiger partial charge is 0.330 e. The van der Waals surface area contributed by atoms with Gasteiger partial charge in [-0.05, 0) is 30.5 Å². The fraction of sp³-hybridized carbons (Fsp3) is 0.429. The third kappa shape index (κ3) is 2.84. The number of hydrogen-bond donors (Lipinski definition) is 1. The number of carbonyl (C=O) groups is 2. The second kappa shape index (κ2) is 5.40. The number of hydrogen-bond acceptors (Lipinski definition) is 4. The molecule has 0 aromatic carbocycles. The topological polar surface area (TPSA) is 74.7 Å². The van der Waals surface area contributed by atoms with Crippen molar-refractivity contribution in [3.05, 3.63) is 30.1 Å². The smallest absolute Gasteiger partial charge is 0.270 e. The Bertz CT molecular complexity index is 552. The van der Waals surface area contributed by atoms with E-state index in [1.807, 2.05) is 17.0 Å². The highest BCUT2D eigenvalue weighted by atomic mass is 16.2. The van der Waals surface area contributed by atoms with E-state index in [2.05, 4.69) is 15.5 Å². The van der Waals surface area contributed by atoms with E-state index < -0.39 is 0 Å². The first-order chi connectivity index (χ1) is 9.74. The summed E-state index contributed by atoms with van der Waals surface area (Å²) in [5.41, 5.74) is 3.89. The van der Waals surface area contributed by atoms with Crippen LogP contribution in [-0.4, -0.2) is 33.5 Å². The van der Waals surface area contributed by atoms with Gasteiger partial charge in [-0.15, -0.1) is 0 Å². The first kappa shape index (κ1) is 12.8. The lowest BCUT2D eigenvalue weighted by atomic mass is 10.1. The summed E-state index contributed by atoms with van der Waals surface area (Å²) in [7, 11) is 0. The number of pyridine rings is 1. The highest BCUT2D eigenvalue weighted by Crippen LogP contribution is 2.29. The second-order valence-electron chi connectivity index (χ2n) is 5.11. The Labute approximate surface area is 116 Å². The normalized spacial score (nSPS) is 18.2. The van der Waals surface area contributed by atoms with Crippen molar-refractivity contribution in [3.8, 4) is 0 Å². The zero-order chi connectivity index (χ0) is 13.9. The molecule has 0 bridgehead atoms. The molecule has 3 rings (SSSR count). The lowest BCUT2D eigenvalue weighted by molar-refractivity contribution is -0.125. The predicted octanol–water partition coefficient (Wildman–Crippen LogP) is 0.839. The highest BCUT2D eigenvalue weighted by molar-refractivity contribution is 6.39. The average molecular weight is 272 g/mol. The maximum Gasteiger partial charge on any atom is 0.270 e. The van der Waals surface area contributed by atoms with E-state index in [-0.39, 0.29) is 11.8 Å². The van der Waals surface area contributed by atoms with Crippen molar-refractivity contribution in [3.63, 3.8) is 0 Å². The van der Waals surface area contributed by atoms with Gasteiger partial charge < -0.3 is 4.90 Å². The van der Waals surface area contributed by atoms with E-state index in [1.54, 1.807) is 12.4 Å². The number of nitrogens with zero attached hydrogens (tertiary/aromatic N) is 3. The molecule has 2 aliphatic rings. The molecule has 1 fully saturated rings. The van der Waals surface area contributed by atoms with Crippen molar-refractivity contribution in [1.29, 1.82) is 0 Å². The molecule has 0 saturated heterocycles. The first-order valence-corrected chi connectivity index (χ1v) is 6.79. The van der Waals surface area contributed by atoms with Crippen molar-refractivity contribution in [2.75, 3.05) is 0 Å². The molecular formula is C14H16N4O2. The fourth-order valence-electron chi connectivity index (χ4n) is 2.23. The number of nitrogens with one attached hydrogen (secondary N) is 1. The lowest BCUT2D eigenvalue weighted by Gasteiger charge is -2.24. The maximum absolute atomic E-state index is 12.5. The van der Waals surface area contributed by atoms with Crippen LogP contribution in [-0.2, 0) is 16.1 Å². The quantitative estimate of drug-likeness (QED) is 0.882. The van der Waals surface area contributed by atoms with E-state index >= 15 is 0 Å². The van der Waals surface area contributed by atoms with Gasteiger partial charge in [0, 0.05) is 37.8 Å². The fourth-order valence-corrected chi connectivity index (χ4v) is 2.23. The van der Waals surface area contributed by atoms with Crippen molar-refractivity contribution in [2.24, 2.45) is 5.10 Å². The standard InChI is InChI=1S/C14H16N4O2/c19-13-4-3-12(16-17-13)14(20)18(11-1-2-11)9-10-5-7-15-8-6-10/h5-8,11H,1-4,9H2,(H,17,19). The number of hydrazone groups is 1. The molecule has 20 heavy (non-hydrogen) atoms. The third-order valence-corrected chi connectivity index (χ3v) is 3.50. The zero-order valence-electron chi connectivity index (χ0n) is 11.1. The van der Waals surface area contributed by atoms with E-state index in [9.17, 15) is 9.59 Å². The van der Waals surface area contributed by atoms with Crippen LogP contribution in [0.1, 0.15) is 31.2 Å². The molecular weight excluding hydrogens is 256 g/mol. The van der Waals surface area contributed by atoms with Crippen molar-refractivity contribution in [2.45, 2.75) is 38.3 Å². The van der Waals surface area contributed by atoms with Gasteiger partial charge in [0.1, 0.15) is 5.71 Å². The Hall–Kier alpha value is -2.24. The van der Waals surface area contributed by atoms with Crippen molar-refractivity contribution in [1.82, 2.24) is 15.3 Å². The predicted molar refractivity (Wildman–Crippen MR) is 72.6 cm³/mol. The van der Waals surface area contributed by atoms with Crippen LogP contribution in [0.15, 0.2) is 29.6 Å². The molecule has 1 aromatic heterocycles. The molecule has 1 aliphatic carbocycles. The first-order valence-electron chi connectivity index (χ1n) is 6.79. The van der Waals surface area contributed by atoms with Crippen molar-refractivity contribution >= 4 is 17.5 Å². The number of carbonyl (C=O) groups excluding carboxylic acids is 2. The SMILES string of the molecule is O=C1CCC(C(=O)N(Cc2ccncc2)C2CC2)=NN1. The Morgan fingerprint density at radius 2 is 2.05 bits per heavy atom. The monoisotopic (exact) mass is 272 g/mol. The van der Waals surface area contributed by atoms with Crippen LogP contribution in [0, 0.1) is 0 Å². The van der Waals surface area contributed by atoms with Gasteiger partial charge in [-0.1, -0.05) is 0 Å². The molecule has 1 saturated carbocycles. The Balaban J connectivity index is 1.74.